The van der Waals surface area contributed by atoms with Gasteiger partial charge in [0, 0.05) is 24.6 Å². The number of carbonyl (C=O) groups is 3. The number of phenols is 1. The number of fused-ring (bicyclic) bond motifs is 3. The normalized spacial score (nSPS) is 25.5. The van der Waals surface area contributed by atoms with Gasteiger partial charge in [0.1, 0.15) is 29.5 Å². The highest BCUT2D eigenvalue weighted by Gasteiger charge is 2.64. The van der Waals surface area contributed by atoms with Crippen LogP contribution in [-0.2, 0) is 27.3 Å². The summed E-state index contributed by atoms with van der Waals surface area (Å²) in [7, 11) is 4.94. The van der Waals surface area contributed by atoms with Crippen molar-refractivity contribution in [1.82, 2.24) is 9.80 Å². The molecule has 4 atom stereocenters. The van der Waals surface area contributed by atoms with Gasteiger partial charge in [0.2, 0.25) is 5.78 Å². The summed E-state index contributed by atoms with van der Waals surface area (Å²) < 4.78 is 12.7. The van der Waals surface area contributed by atoms with E-state index in [1.54, 1.807) is 20.2 Å². The van der Waals surface area contributed by atoms with Gasteiger partial charge in [0.05, 0.1) is 11.6 Å². The zero-order valence-corrected chi connectivity index (χ0v) is 23.6. The third-order valence-corrected chi connectivity index (χ3v) is 8.79. The lowest BCUT2D eigenvalue weighted by Gasteiger charge is -2.50. The van der Waals surface area contributed by atoms with Crippen LogP contribution >= 0.6 is 0 Å². The molecule has 0 aliphatic heterocycles. The Balaban J connectivity index is 1.62. The number of nitrogens with zero attached hydrogens (tertiary/aromatic N) is 2. The summed E-state index contributed by atoms with van der Waals surface area (Å²) in [5, 5.41) is 44.9. The minimum atomic E-state index is -2.68. The molecule has 3 aliphatic rings. The third-order valence-electron chi connectivity index (χ3n) is 8.79. The van der Waals surface area contributed by atoms with Crippen molar-refractivity contribution in [3.63, 3.8) is 0 Å². The second-order valence-corrected chi connectivity index (χ2v) is 11.6. The van der Waals surface area contributed by atoms with Crippen LogP contribution in [0.1, 0.15) is 23.1 Å². The van der Waals surface area contributed by atoms with Gasteiger partial charge in [-0.25, -0.2) is 4.39 Å². The number of rotatable bonds is 7. The maximum absolute atomic E-state index is 14.0. The first-order valence-corrected chi connectivity index (χ1v) is 13.7. The number of aliphatic hydroxyl groups excluding tert-OH is 2. The van der Waals surface area contributed by atoms with Gasteiger partial charge in [-0.05, 0) is 68.2 Å². The van der Waals surface area contributed by atoms with E-state index in [2.05, 4.69) is 0 Å². The quantitative estimate of drug-likeness (QED) is 0.309. The van der Waals surface area contributed by atoms with E-state index < -0.39 is 64.7 Å². The van der Waals surface area contributed by atoms with Crippen molar-refractivity contribution in [2.45, 2.75) is 31.0 Å². The molecule has 1 saturated carbocycles. The molecular formula is C31H34FN3O7. The molecular weight excluding hydrogens is 545 g/mol. The summed E-state index contributed by atoms with van der Waals surface area (Å²) in [4.78, 5) is 42.7. The van der Waals surface area contributed by atoms with E-state index in [0.717, 1.165) is 11.1 Å². The lowest BCUT2D eigenvalue weighted by Crippen LogP contribution is -2.65. The van der Waals surface area contributed by atoms with Crippen molar-refractivity contribution >= 4 is 23.2 Å². The molecule has 5 rings (SSSR count). The Morgan fingerprint density at radius 3 is 2.33 bits per heavy atom. The van der Waals surface area contributed by atoms with Crippen LogP contribution in [0.15, 0.2) is 53.3 Å². The van der Waals surface area contributed by atoms with Crippen molar-refractivity contribution < 1.29 is 39.2 Å². The molecule has 0 bridgehead atoms. The predicted octanol–water partition coefficient (Wildman–Crippen LogP) is 2.03. The molecule has 0 heterocycles. The number of hydrogen-bond donors (Lipinski definition) is 5. The first-order valence-electron chi connectivity index (χ1n) is 13.7. The van der Waals surface area contributed by atoms with Crippen molar-refractivity contribution in [3.05, 3.63) is 70.0 Å². The van der Waals surface area contributed by atoms with Gasteiger partial charge in [0.25, 0.3) is 5.91 Å². The molecule has 3 aliphatic carbocycles. The number of hydrogen-bond acceptors (Lipinski definition) is 9. The maximum atomic E-state index is 14.0. The molecule has 0 unspecified atom stereocenters. The smallest absolute Gasteiger partial charge is 0.255 e. The summed E-state index contributed by atoms with van der Waals surface area (Å²) in [6.07, 6.45) is 0.208. The summed E-state index contributed by atoms with van der Waals surface area (Å²) in [6, 6.07) is 9.59. The van der Waals surface area contributed by atoms with Crippen molar-refractivity contribution in [2.75, 3.05) is 34.4 Å². The highest BCUT2D eigenvalue weighted by Crippen LogP contribution is 2.53. The van der Waals surface area contributed by atoms with Gasteiger partial charge in [-0.15, -0.1) is 0 Å². The fourth-order valence-corrected chi connectivity index (χ4v) is 6.84. The molecule has 2 aromatic rings. The lowest BCUT2D eigenvalue weighted by atomic mass is 9.57. The molecule has 0 spiro atoms. The monoisotopic (exact) mass is 579 g/mol. The standard InChI is InChI=1S/C31H34FN3O7/c1-34(2)25-20-13-17-12-19-18(16-6-4-15(5-7-16)14-35(3)11-10-32)8-9-21(36)23(19)26(37)22(17)28(39)31(20,42)29(40)24(27(25)38)30(33)41/h4-9,17,20,25,36-37,40,42H,10-14H2,1-3H3,(H2,33,41)/t17-,20-,25-,31-/m0/s1. The number of amides is 1. The third kappa shape index (κ3) is 4.39. The number of likely N-dealkylation sites (N-methyl/N-ethyl adjacent to an activating group) is 1. The Hall–Kier alpha value is -4.06. The van der Waals surface area contributed by atoms with Gasteiger partial charge in [-0.3, -0.25) is 24.2 Å². The van der Waals surface area contributed by atoms with Crippen molar-refractivity contribution in [3.8, 4) is 16.9 Å². The second-order valence-electron chi connectivity index (χ2n) is 11.6. The van der Waals surface area contributed by atoms with Crippen LogP contribution < -0.4 is 5.73 Å². The Morgan fingerprint density at radius 1 is 1.07 bits per heavy atom. The maximum Gasteiger partial charge on any atom is 0.255 e. The topological polar surface area (TPSA) is 165 Å². The molecule has 2 aromatic carbocycles. The van der Waals surface area contributed by atoms with Crippen LogP contribution in [0.5, 0.6) is 5.75 Å². The number of nitrogens with two attached hydrogens (primary N) is 1. The van der Waals surface area contributed by atoms with E-state index in [1.807, 2.05) is 36.2 Å². The number of ketones is 2. The van der Waals surface area contributed by atoms with E-state index in [0.29, 0.717) is 24.2 Å². The molecule has 0 saturated heterocycles. The van der Waals surface area contributed by atoms with Crippen molar-refractivity contribution in [2.24, 2.45) is 17.6 Å². The minimum Gasteiger partial charge on any atom is -0.508 e. The van der Waals surface area contributed by atoms with Gasteiger partial charge in [-0.1, -0.05) is 30.3 Å². The SMILES string of the molecule is CN(CCF)Cc1ccc(-c2ccc(O)c3c2C[C@H]2C[C@H]4[C@H](N(C)C)C(=O)C(C(N)=O)=C(O)[C@@]4(O)C(=O)C2=C3O)cc1. The van der Waals surface area contributed by atoms with E-state index in [9.17, 15) is 39.2 Å². The van der Waals surface area contributed by atoms with Crippen LogP contribution in [0.2, 0.25) is 0 Å². The number of benzene rings is 2. The van der Waals surface area contributed by atoms with Crippen LogP contribution in [0.3, 0.4) is 0 Å². The average Bonchev–Trinajstić information content (AvgIpc) is 2.91. The fourth-order valence-electron chi connectivity index (χ4n) is 6.84. The Bertz CT molecular complexity index is 1550. The average molecular weight is 580 g/mol. The van der Waals surface area contributed by atoms with Crippen LogP contribution in [0.25, 0.3) is 16.9 Å². The van der Waals surface area contributed by atoms with Crippen LogP contribution in [0.4, 0.5) is 4.39 Å². The van der Waals surface area contributed by atoms with Gasteiger partial charge < -0.3 is 26.2 Å². The summed E-state index contributed by atoms with van der Waals surface area (Å²) >= 11 is 0. The molecule has 6 N–H and O–H groups in total. The fraction of sp³-hybridized carbons (Fsp3) is 0.387. The number of carbonyl (C=O) groups excluding carboxylic acids is 3. The Labute approximate surface area is 242 Å². The zero-order chi connectivity index (χ0) is 30.7. The summed E-state index contributed by atoms with van der Waals surface area (Å²) in [6.45, 7) is 0.430. The molecule has 11 heteroatoms. The number of halogens is 1. The molecule has 0 radical (unpaired) electrons. The summed E-state index contributed by atoms with van der Waals surface area (Å²) in [5.41, 5.74) is 4.76. The van der Waals surface area contributed by atoms with Crippen molar-refractivity contribution in [1.29, 1.82) is 0 Å². The van der Waals surface area contributed by atoms with Gasteiger partial charge in [-0.2, -0.15) is 0 Å². The molecule has 1 fully saturated rings. The number of phenolic OH excluding ortho intramolecular Hbond substituents is 1. The molecule has 42 heavy (non-hydrogen) atoms. The highest BCUT2D eigenvalue weighted by molar-refractivity contribution is 6.24. The molecule has 222 valence electrons. The second kappa shape index (κ2) is 10.6. The van der Waals surface area contributed by atoms with Gasteiger partial charge in [0.15, 0.2) is 11.4 Å². The van der Waals surface area contributed by atoms with Gasteiger partial charge >= 0.3 is 0 Å². The number of Topliss-reactive ketones (excluding diaryl/α,β-unsaturated/α-hetero) is 2. The highest BCUT2D eigenvalue weighted by atomic mass is 19.1. The first-order chi connectivity index (χ1) is 19.8. The Kier molecular flexibility index (Phi) is 7.46. The van der Waals surface area contributed by atoms with E-state index in [-0.39, 0.29) is 29.7 Å². The molecule has 10 nitrogen and oxygen atoms in total. The number of aliphatic hydroxyl groups is 3. The molecule has 1 amide bonds. The van der Waals surface area contributed by atoms with Crippen LogP contribution in [-0.4, -0.2) is 93.7 Å². The van der Waals surface area contributed by atoms with E-state index in [4.69, 9.17) is 5.73 Å². The largest absolute Gasteiger partial charge is 0.508 e. The zero-order valence-electron chi connectivity index (χ0n) is 23.6. The number of aromatic hydroxyl groups is 1. The van der Waals surface area contributed by atoms with E-state index >= 15 is 0 Å². The number of primary amides is 1. The number of alkyl halides is 1. The first kappa shape index (κ1) is 29.4. The minimum absolute atomic E-state index is 0.0146. The summed E-state index contributed by atoms with van der Waals surface area (Å²) in [5.74, 6) is -6.85. The lowest BCUT2D eigenvalue weighted by molar-refractivity contribution is -0.153. The van der Waals surface area contributed by atoms with E-state index in [1.165, 1.54) is 11.0 Å². The molecule has 0 aromatic heterocycles. The van der Waals surface area contributed by atoms with Crippen LogP contribution in [0, 0.1) is 11.8 Å². The predicted molar refractivity (Wildman–Crippen MR) is 152 cm³/mol. The Morgan fingerprint density at radius 2 is 1.74 bits per heavy atom.